The molecule has 0 unspecified atom stereocenters. The Morgan fingerprint density at radius 3 is 2.45 bits per heavy atom. The van der Waals surface area contributed by atoms with Crippen LogP contribution in [-0.4, -0.2) is 58.9 Å². The third-order valence-corrected chi connectivity index (χ3v) is 5.94. The van der Waals surface area contributed by atoms with Crippen molar-refractivity contribution in [3.63, 3.8) is 0 Å². The predicted molar refractivity (Wildman–Crippen MR) is 116 cm³/mol. The van der Waals surface area contributed by atoms with Crippen molar-refractivity contribution in [2.75, 3.05) is 35.7 Å². The van der Waals surface area contributed by atoms with E-state index in [0.29, 0.717) is 36.2 Å². The van der Waals surface area contributed by atoms with Crippen molar-refractivity contribution in [2.45, 2.75) is 39.3 Å². The molecule has 0 radical (unpaired) electrons. The number of carbonyl (C=O) groups excluding carboxylic acids is 2. The second-order valence-electron chi connectivity index (χ2n) is 8.81. The Morgan fingerprint density at radius 2 is 1.85 bits per heavy atom. The van der Waals surface area contributed by atoms with Crippen molar-refractivity contribution in [3.05, 3.63) is 40.8 Å². The van der Waals surface area contributed by atoms with Crippen molar-refractivity contribution in [1.29, 1.82) is 0 Å². The van der Waals surface area contributed by atoms with Crippen LogP contribution in [0.2, 0.25) is 0 Å². The third-order valence-electron chi connectivity index (χ3n) is 5.94. The first-order valence-corrected chi connectivity index (χ1v) is 10.6. The van der Waals surface area contributed by atoms with Crippen molar-refractivity contribution < 1.29 is 22.8 Å². The topological polar surface area (TPSA) is 90.5 Å². The van der Waals surface area contributed by atoms with Crippen LogP contribution in [0.4, 0.5) is 30.6 Å². The van der Waals surface area contributed by atoms with E-state index in [1.807, 2.05) is 25.8 Å². The fourth-order valence-electron chi connectivity index (χ4n) is 4.23. The van der Waals surface area contributed by atoms with Gasteiger partial charge in [-0.15, -0.1) is 0 Å². The van der Waals surface area contributed by atoms with Crippen LogP contribution in [0, 0.1) is 30.3 Å². The molecular formula is C22H25F3N6O2. The Kier molecular flexibility index (Phi) is 5.89. The van der Waals surface area contributed by atoms with Crippen molar-refractivity contribution in [3.8, 4) is 0 Å². The monoisotopic (exact) mass is 462 g/mol. The fourth-order valence-corrected chi connectivity index (χ4v) is 4.23. The van der Waals surface area contributed by atoms with E-state index in [2.05, 4.69) is 20.6 Å². The summed E-state index contributed by atoms with van der Waals surface area (Å²) in [5.74, 6) is -3.51. The van der Waals surface area contributed by atoms with E-state index < -0.39 is 17.5 Å². The largest absolute Gasteiger partial charge is 0.348 e. The molecule has 0 spiro atoms. The summed E-state index contributed by atoms with van der Waals surface area (Å²) in [4.78, 5) is 37.2. The number of aryl methyl sites for hydroxylation is 1. The molecule has 1 aromatic carbocycles. The number of likely N-dealkylation sites (tertiary alicyclic amines) is 1. The van der Waals surface area contributed by atoms with Crippen LogP contribution in [0.15, 0.2) is 12.1 Å². The molecule has 0 aliphatic carbocycles. The molecule has 1 atom stereocenters. The second-order valence-corrected chi connectivity index (χ2v) is 8.81. The molecule has 3 heterocycles. The van der Waals surface area contributed by atoms with Crippen molar-refractivity contribution in [2.24, 2.45) is 5.92 Å². The summed E-state index contributed by atoms with van der Waals surface area (Å²) in [5, 5.41) is 6.09. The van der Waals surface area contributed by atoms with E-state index in [4.69, 9.17) is 0 Å². The SMILES string of the molecule is Cc1nc(NC2CN(C(=O)Cc3cc(F)c(F)c(F)c3)C2)nc2c1NC(=O)[C@H](C(C)C)N2C. The summed E-state index contributed by atoms with van der Waals surface area (Å²) in [5.41, 5.74) is 1.28. The predicted octanol–water partition coefficient (Wildman–Crippen LogP) is 2.48. The van der Waals surface area contributed by atoms with Gasteiger partial charge in [0.2, 0.25) is 17.8 Å². The molecule has 2 aliphatic heterocycles. The molecule has 2 aliphatic rings. The van der Waals surface area contributed by atoms with Crippen LogP contribution in [0.25, 0.3) is 0 Å². The minimum absolute atomic E-state index is 0.0752. The summed E-state index contributed by atoms with van der Waals surface area (Å²) in [6.45, 7) is 6.45. The summed E-state index contributed by atoms with van der Waals surface area (Å²) in [6.07, 6.45) is -0.226. The lowest BCUT2D eigenvalue weighted by molar-refractivity contribution is -0.134. The van der Waals surface area contributed by atoms with Gasteiger partial charge >= 0.3 is 0 Å². The maximum absolute atomic E-state index is 13.4. The van der Waals surface area contributed by atoms with Gasteiger partial charge in [0, 0.05) is 20.1 Å². The van der Waals surface area contributed by atoms with Gasteiger partial charge in [-0.1, -0.05) is 13.8 Å². The van der Waals surface area contributed by atoms with Crippen LogP contribution >= 0.6 is 0 Å². The molecule has 176 valence electrons. The average molecular weight is 462 g/mol. The molecule has 33 heavy (non-hydrogen) atoms. The number of halogens is 3. The van der Waals surface area contributed by atoms with Crippen LogP contribution in [0.3, 0.4) is 0 Å². The number of benzene rings is 1. The molecule has 0 bridgehead atoms. The van der Waals surface area contributed by atoms with E-state index in [-0.39, 0.29) is 41.8 Å². The highest BCUT2D eigenvalue weighted by molar-refractivity contribution is 6.03. The van der Waals surface area contributed by atoms with E-state index in [1.54, 1.807) is 6.92 Å². The van der Waals surface area contributed by atoms with Gasteiger partial charge in [0.1, 0.15) is 11.7 Å². The first-order chi connectivity index (χ1) is 15.5. The number of rotatable bonds is 5. The maximum Gasteiger partial charge on any atom is 0.247 e. The first-order valence-electron chi connectivity index (χ1n) is 10.6. The van der Waals surface area contributed by atoms with Gasteiger partial charge in [0.15, 0.2) is 23.3 Å². The number of aromatic nitrogens is 2. The molecule has 8 nitrogen and oxygen atoms in total. The molecule has 1 aromatic heterocycles. The number of fused-ring (bicyclic) bond motifs is 1. The third kappa shape index (κ3) is 4.31. The zero-order valence-electron chi connectivity index (χ0n) is 18.7. The van der Waals surface area contributed by atoms with Crippen LogP contribution in [-0.2, 0) is 16.0 Å². The number of hydrogen-bond donors (Lipinski definition) is 2. The molecule has 11 heteroatoms. The number of anilines is 3. The lowest BCUT2D eigenvalue weighted by Gasteiger charge is -2.40. The first kappa shape index (κ1) is 22.8. The summed E-state index contributed by atoms with van der Waals surface area (Å²) in [6, 6.07) is 1.21. The number of likely N-dealkylation sites (N-methyl/N-ethyl adjacent to an activating group) is 1. The smallest absolute Gasteiger partial charge is 0.247 e. The average Bonchev–Trinajstić information content (AvgIpc) is 2.69. The Morgan fingerprint density at radius 1 is 1.21 bits per heavy atom. The Balaban J connectivity index is 1.39. The van der Waals surface area contributed by atoms with Crippen molar-refractivity contribution >= 4 is 29.3 Å². The highest BCUT2D eigenvalue weighted by Gasteiger charge is 2.36. The quantitative estimate of drug-likeness (QED) is 0.664. The summed E-state index contributed by atoms with van der Waals surface area (Å²) < 4.78 is 39.8. The second kappa shape index (κ2) is 8.53. The Hall–Kier alpha value is -3.37. The number of carbonyl (C=O) groups is 2. The molecule has 0 saturated carbocycles. The van der Waals surface area contributed by atoms with Gasteiger partial charge in [-0.25, -0.2) is 18.2 Å². The van der Waals surface area contributed by atoms with Crippen LogP contribution in [0.1, 0.15) is 25.1 Å². The fraction of sp³-hybridized carbons (Fsp3) is 0.455. The van der Waals surface area contributed by atoms with E-state index >= 15 is 0 Å². The van der Waals surface area contributed by atoms with Crippen LogP contribution < -0.4 is 15.5 Å². The zero-order chi connectivity index (χ0) is 24.0. The molecule has 1 saturated heterocycles. The Bertz CT molecular complexity index is 1100. The zero-order valence-corrected chi connectivity index (χ0v) is 18.7. The Labute approximate surface area is 189 Å². The standard InChI is InChI=1S/C22H25F3N6O2/c1-10(2)19-21(33)28-18-11(3)26-22(29-20(18)30(19)4)27-13-8-31(9-13)16(32)7-12-5-14(23)17(25)15(24)6-12/h5-6,10,13,19H,7-9H2,1-4H3,(H,28,33)(H,26,27,29)/t19-/m0/s1. The molecule has 2 N–H and O–H groups in total. The number of nitrogens with one attached hydrogen (secondary N) is 2. The molecular weight excluding hydrogens is 437 g/mol. The summed E-state index contributed by atoms with van der Waals surface area (Å²) in [7, 11) is 1.82. The molecule has 2 amide bonds. The lowest BCUT2D eigenvalue weighted by Crippen LogP contribution is -2.57. The van der Waals surface area contributed by atoms with Gasteiger partial charge in [-0.3, -0.25) is 9.59 Å². The van der Waals surface area contributed by atoms with E-state index in [1.165, 1.54) is 4.90 Å². The number of hydrogen-bond acceptors (Lipinski definition) is 6. The van der Waals surface area contributed by atoms with Crippen molar-refractivity contribution in [1.82, 2.24) is 14.9 Å². The lowest BCUT2D eigenvalue weighted by atomic mass is 9.99. The molecule has 1 fully saturated rings. The minimum Gasteiger partial charge on any atom is -0.348 e. The van der Waals surface area contributed by atoms with Gasteiger partial charge in [0.05, 0.1) is 18.2 Å². The van der Waals surface area contributed by atoms with Gasteiger partial charge < -0.3 is 20.4 Å². The molecule has 4 rings (SSSR count). The van der Waals surface area contributed by atoms with Crippen LogP contribution in [0.5, 0.6) is 0 Å². The normalized spacial score (nSPS) is 18.2. The number of nitrogens with zero attached hydrogens (tertiary/aromatic N) is 4. The summed E-state index contributed by atoms with van der Waals surface area (Å²) >= 11 is 0. The maximum atomic E-state index is 13.4. The molecule has 2 aromatic rings. The van der Waals surface area contributed by atoms with E-state index in [0.717, 1.165) is 12.1 Å². The highest BCUT2D eigenvalue weighted by Crippen LogP contribution is 2.34. The highest BCUT2D eigenvalue weighted by atomic mass is 19.2. The van der Waals surface area contributed by atoms with Gasteiger partial charge in [-0.2, -0.15) is 4.98 Å². The van der Waals surface area contributed by atoms with E-state index in [9.17, 15) is 22.8 Å². The van der Waals surface area contributed by atoms with Gasteiger partial charge in [0.25, 0.3) is 0 Å². The number of amides is 2. The van der Waals surface area contributed by atoms with Gasteiger partial charge in [-0.05, 0) is 30.5 Å². The minimum atomic E-state index is -1.55.